The lowest BCUT2D eigenvalue weighted by atomic mass is 9.52. The SMILES string of the molecule is CN1C(=O)C23SS[C@]1(CO)C(=O)N2[C@H]1Nc2ccccc2C1([C@@]12c4ccccc4N[C@@H]1N1C(=O)[C@@]4(CO)SSC1(C(=O)N4C)[C@H]2O)[C@@H]3O. The van der Waals surface area contributed by atoms with Gasteiger partial charge >= 0.3 is 0 Å². The van der Waals surface area contributed by atoms with E-state index >= 15 is 0 Å². The van der Waals surface area contributed by atoms with Gasteiger partial charge in [0.2, 0.25) is 19.5 Å². The topological polar surface area (TPSA) is 186 Å². The molecular formula is C30H28N6O8S4. The van der Waals surface area contributed by atoms with E-state index in [2.05, 4.69) is 10.6 Å². The number of amides is 4. The lowest BCUT2D eigenvalue weighted by molar-refractivity contribution is -0.169. The fraction of sp³-hybridized carbons (Fsp3) is 0.467. The number of nitrogens with zero attached hydrogens (tertiary/aromatic N) is 4. The molecule has 0 aliphatic carbocycles. The minimum atomic E-state index is -1.91. The van der Waals surface area contributed by atoms with Gasteiger partial charge in [0.25, 0.3) is 23.6 Å². The molecule has 48 heavy (non-hydrogen) atoms. The van der Waals surface area contributed by atoms with Crippen molar-refractivity contribution in [2.45, 2.75) is 54.9 Å². The maximum absolute atomic E-state index is 14.7. The maximum Gasteiger partial charge on any atom is 0.265 e. The molecule has 0 radical (unpaired) electrons. The van der Waals surface area contributed by atoms with E-state index in [1.165, 1.54) is 33.7 Å². The van der Waals surface area contributed by atoms with Crippen molar-refractivity contribution in [3.8, 4) is 0 Å². The molecule has 10 aliphatic heterocycles. The lowest BCUT2D eigenvalue weighted by Gasteiger charge is -2.58. The Morgan fingerprint density at radius 1 is 0.625 bits per heavy atom. The molecule has 2 aromatic carbocycles. The van der Waals surface area contributed by atoms with E-state index in [9.17, 15) is 39.6 Å². The Morgan fingerprint density at radius 2 is 1.00 bits per heavy atom. The van der Waals surface area contributed by atoms with Crippen LogP contribution in [0.15, 0.2) is 48.5 Å². The highest BCUT2D eigenvalue weighted by atomic mass is 33.1. The number of hydrogen-bond acceptors (Lipinski definition) is 14. The third-order valence-corrected chi connectivity index (χ3v) is 19.4. The second-order valence-corrected chi connectivity index (χ2v) is 18.7. The number of aliphatic hydroxyl groups is 4. The first-order valence-electron chi connectivity index (χ1n) is 15.2. The van der Waals surface area contributed by atoms with Gasteiger partial charge in [-0.2, -0.15) is 0 Å². The maximum atomic E-state index is 14.7. The van der Waals surface area contributed by atoms with Crippen molar-refractivity contribution in [3.63, 3.8) is 0 Å². The Morgan fingerprint density at radius 3 is 1.38 bits per heavy atom. The van der Waals surface area contributed by atoms with Crippen LogP contribution in [0.5, 0.6) is 0 Å². The molecule has 2 spiro atoms. The van der Waals surface area contributed by atoms with Gasteiger partial charge in [-0.3, -0.25) is 29.0 Å². The molecule has 8 saturated heterocycles. The molecule has 8 fully saturated rings. The van der Waals surface area contributed by atoms with Gasteiger partial charge < -0.3 is 40.9 Å². The molecule has 0 saturated carbocycles. The number of carbonyl (C=O) groups is 4. The molecular weight excluding hydrogens is 701 g/mol. The molecule has 3 unspecified atom stereocenters. The van der Waals surface area contributed by atoms with Crippen LogP contribution in [0.25, 0.3) is 0 Å². The third-order valence-electron chi connectivity index (χ3n) is 12.2. The molecule has 12 rings (SSSR count). The van der Waals surface area contributed by atoms with E-state index < -0.39 is 91.7 Å². The lowest BCUT2D eigenvalue weighted by Crippen LogP contribution is -2.79. The fourth-order valence-corrected chi connectivity index (χ4v) is 17.4. The summed E-state index contributed by atoms with van der Waals surface area (Å²) in [6, 6.07) is 14.2. The van der Waals surface area contributed by atoms with Crippen LogP contribution in [0.1, 0.15) is 11.1 Å². The molecule has 6 N–H and O–H groups in total. The van der Waals surface area contributed by atoms with E-state index in [0.717, 1.165) is 43.2 Å². The highest BCUT2D eigenvalue weighted by Gasteiger charge is 2.93. The molecule has 14 nitrogen and oxygen atoms in total. The standard InChI is InChI=1S/C30H28N6O8S4/c1-33-23(43)29-17(39)27(13-7-3-5-9-15(13)31-19(27)35(29)21(41)25(33,11-37)45-47-29)28-14-8-4-6-10-16(14)32-20(28)36-22(42)26(12-38)34(2)24(44)30(36,18(28)40)48-46-26/h3-10,17-20,31-32,37-40H,11-12H2,1-2H3/t17-,18-,19+,20+,25+,26+,27+,28?,29?,30?/m0/s1. The van der Waals surface area contributed by atoms with Crippen LogP contribution in [0, 0.1) is 0 Å². The van der Waals surface area contributed by atoms with E-state index in [-0.39, 0.29) is 0 Å². The van der Waals surface area contributed by atoms with Crippen LogP contribution in [0.3, 0.4) is 0 Å². The third kappa shape index (κ3) is 2.47. The van der Waals surface area contributed by atoms with E-state index in [1.54, 1.807) is 48.5 Å². The number of anilines is 2. The van der Waals surface area contributed by atoms with Crippen molar-refractivity contribution in [2.24, 2.45) is 0 Å². The molecule has 250 valence electrons. The van der Waals surface area contributed by atoms with Crippen LogP contribution in [-0.4, -0.2) is 135 Å². The van der Waals surface area contributed by atoms with Gasteiger partial charge in [-0.05, 0) is 66.4 Å². The van der Waals surface area contributed by atoms with Crippen LogP contribution < -0.4 is 10.6 Å². The number of likely N-dealkylation sites (N-methyl/N-ethyl adjacent to an activating group) is 2. The first-order valence-corrected chi connectivity index (χ1v) is 19.5. The second kappa shape index (κ2) is 8.71. The monoisotopic (exact) mass is 728 g/mol. The largest absolute Gasteiger partial charge is 0.392 e. The zero-order valence-electron chi connectivity index (χ0n) is 25.2. The zero-order valence-corrected chi connectivity index (χ0v) is 28.5. The van der Waals surface area contributed by atoms with Crippen molar-refractivity contribution in [2.75, 3.05) is 37.9 Å². The number of hydrogen-bond donors (Lipinski definition) is 6. The fourth-order valence-electron chi connectivity index (χ4n) is 10.0. The van der Waals surface area contributed by atoms with Crippen molar-refractivity contribution in [1.29, 1.82) is 0 Å². The van der Waals surface area contributed by atoms with Gasteiger partial charge in [0, 0.05) is 25.5 Å². The van der Waals surface area contributed by atoms with Crippen LogP contribution in [0.2, 0.25) is 0 Å². The second-order valence-electron chi connectivity index (χ2n) is 13.4. The minimum absolute atomic E-state index is 0.498. The molecule has 10 atom stereocenters. The number of aliphatic hydroxyl groups excluding tert-OH is 4. The average Bonchev–Trinajstić information content (AvgIpc) is 3.75. The molecule has 4 amide bonds. The number of rotatable bonds is 3. The molecule has 0 aromatic heterocycles. The quantitative estimate of drug-likeness (QED) is 0.218. The zero-order chi connectivity index (χ0) is 33.6. The van der Waals surface area contributed by atoms with Crippen molar-refractivity contribution < 1.29 is 39.6 Å². The predicted molar refractivity (Wildman–Crippen MR) is 178 cm³/mol. The smallest absolute Gasteiger partial charge is 0.265 e. The Bertz CT molecular complexity index is 1810. The van der Waals surface area contributed by atoms with E-state index in [4.69, 9.17) is 0 Å². The van der Waals surface area contributed by atoms with Gasteiger partial charge in [-0.1, -0.05) is 36.4 Å². The minimum Gasteiger partial charge on any atom is -0.392 e. The van der Waals surface area contributed by atoms with E-state index in [0.29, 0.717) is 22.5 Å². The predicted octanol–water partition coefficient (Wildman–Crippen LogP) is -0.724. The first kappa shape index (κ1) is 30.0. The van der Waals surface area contributed by atoms with Crippen molar-refractivity contribution in [1.82, 2.24) is 19.6 Å². The molecule has 18 heteroatoms. The van der Waals surface area contributed by atoms with Crippen molar-refractivity contribution >= 4 is 78.2 Å². The average molecular weight is 729 g/mol. The summed E-state index contributed by atoms with van der Waals surface area (Å²) < 4.78 is 0. The van der Waals surface area contributed by atoms with Gasteiger partial charge in [-0.15, -0.1) is 0 Å². The molecule has 4 bridgehead atoms. The highest BCUT2D eigenvalue weighted by molar-refractivity contribution is 8.78. The summed E-state index contributed by atoms with van der Waals surface area (Å²) in [6.07, 6.45) is -5.79. The first-order chi connectivity index (χ1) is 23.0. The number of para-hydroxylation sites is 2. The Hall–Kier alpha value is -2.84. The molecule has 2 aromatic rings. The summed E-state index contributed by atoms with van der Waals surface area (Å²) in [7, 11) is 6.89. The van der Waals surface area contributed by atoms with Crippen LogP contribution in [-0.2, 0) is 30.0 Å². The number of benzene rings is 2. The summed E-state index contributed by atoms with van der Waals surface area (Å²) in [4.78, 5) is 56.6. The van der Waals surface area contributed by atoms with Crippen LogP contribution >= 0.6 is 43.2 Å². The van der Waals surface area contributed by atoms with Gasteiger partial charge in [0.05, 0.1) is 24.0 Å². The number of piperazine rings is 2. The normalized spacial score (nSPS) is 45.5. The van der Waals surface area contributed by atoms with Crippen molar-refractivity contribution in [3.05, 3.63) is 59.7 Å². The van der Waals surface area contributed by atoms with E-state index in [1.807, 2.05) is 0 Å². The number of carbonyl (C=O) groups excluding carboxylic acids is 4. The summed E-state index contributed by atoms with van der Waals surface area (Å²) in [6.45, 7) is -1.35. The number of fused-ring (bicyclic) bond motifs is 11. The van der Waals surface area contributed by atoms with Gasteiger partial charge in [0.1, 0.15) is 24.5 Å². The van der Waals surface area contributed by atoms with Crippen LogP contribution in [0.4, 0.5) is 11.4 Å². The summed E-state index contributed by atoms with van der Waals surface area (Å²) in [5, 5.41) is 54.7. The van der Waals surface area contributed by atoms with Gasteiger partial charge in [-0.25, -0.2) is 0 Å². The number of nitrogens with one attached hydrogen (secondary N) is 2. The van der Waals surface area contributed by atoms with Gasteiger partial charge in [0.15, 0.2) is 0 Å². The summed E-state index contributed by atoms with van der Waals surface area (Å²) in [5.41, 5.74) is -1.46. The highest BCUT2D eigenvalue weighted by Crippen LogP contribution is 2.78. The summed E-state index contributed by atoms with van der Waals surface area (Å²) >= 11 is 0. The Labute approximate surface area is 288 Å². The Kier molecular flexibility index (Phi) is 5.45. The molecule has 10 heterocycles. The summed E-state index contributed by atoms with van der Waals surface area (Å²) in [5.74, 6) is -2.36. The molecule has 10 aliphatic rings. The Balaban J connectivity index is 1.34.